The molecule has 0 unspecified atom stereocenters. The van der Waals surface area contributed by atoms with Crippen LogP contribution in [0.1, 0.15) is 115 Å². The molecule has 0 aliphatic carbocycles. The van der Waals surface area contributed by atoms with E-state index in [-0.39, 0.29) is 114 Å². The van der Waals surface area contributed by atoms with Gasteiger partial charge in [-0.2, -0.15) is 0 Å². The molecule has 3 aliphatic rings. The quantitative estimate of drug-likeness (QED) is 0.0221. The number of imide groups is 1. The number of nitrogens with zero attached hydrogens (tertiary/aromatic N) is 7. The van der Waals surface area contributed by atoms with Gasteiger partial charge in [0.25, 0.3) is 11.8 Å². The summed E-state index contributed by atoms with van der Waals surface area (Å²) in [7, 11) is 0. The zero-order valence-electron chi connectivity index (χ0n) is 56.5. The number of aliphatic hydroxyl groups excluding tert-OH is 6. The highest BCUT2D eigenvalue weighted by atomic mass is 16.6. The first-order chi connectivity index (χ1) is 47.3. The molecule has 10 atom stereocenters. The van der Waals surface area contributed by atoms with E-state index in [9.17, 15) is 69.0 Å². The number of ether oxygens (including phenoxy) is 8. The van der Waals surface area contributed by atoms with Crippen LogP contribution in [0.25, 0.3) is 0 Å². The summed E-state index contributed by atoms with van der Waals surface area (Å²) < 4.78 is 48.4. The van der Waals surface area contributed by atoms with E-state index >= 15 is 0 Å². The van der Waals surface area contributed by atoms with E-state index in [1.807, 2.05) is 0 Å². The maximum atomic E-state index is 13.2. The Hall–Kier alpha value is -6.58. The van der Waals surface area contributed by atoms with Crippen molar-refractivity contribution in [2.24, 2.45) is 0 Å². The minimum atomic E-state index is -1.38. The van der Waals surface area contributed by atoms with Crippen molar-refractivity contribution in [1.82, 2.24) is 66.8 Å². The lowest BCUT2D eigenvalue weighted by Gasteiger charge is -2.42. The third-order valence-corrected chi connectivity index (χ3v) is 16.3. The van der Waals surface area contributed by atoms with Crippen molar-refractivity contribution >= 4 is 47.3 Å². The maximum Gasteiger partial charge on any atom is 0.253 e. The van der Waals surface area contributed by atoms with E-state index in [0.29, 0.717) is 109 Å². The van der Waals surface area contributed by atoms with Crippen molar-refractivity contribution in [1.29, 1.82) is 0 Å². The number of aliphatic hydroxyl groups is 6. The van der Waals surface area contributed by atoms with E-state index in [1.54, 1.807) is 21.8 Å². The number of amides is 8. The number of aromatic nitrogens is 6. The topological polar surface area (TPSA) is 469 Å². The molecule has 35 heteroatoms. The predicted molar refractivity (Wildman–Crippen MR) is 345 cm³/mol. The van der Waals surface area contributed by atoms with Crippen molar-refractivity contribution in [3.8, 4) is 0 Å². The fourth-order valence-electron chi connectivity index (χ4n) is 11.0. The Morgan fingerprint density at radius 2 is 0.837 bits per heavy atom. The Morgan fingerprint density at radius 3 is 1.24 bits per heavy atom. The molecular formula is C63H105N13O22. The lowest BCUT2D eigenvalue weighted by atomic mass is 9.90. The predicted octanol–water partition coefficient (Wildman–Crippen LogP) is -4.05. The summed E-state index contributed by atoms with van der Waals surface area (Å²) in [6.07, 6.45) is 5.64. The van der Waals surface area contributed by atoms with Crippen molar-refractivity contribution in [3.63, 3.8) is 0 Å². The first-order valence-corrected chi connectivity index (χ1v) is 34.0. The summed E-state index contributed by atoms with van der Waals surface area (Å²) in [6, 6.07) is -2.27. The van der Waals surface area contributed by atoms with E-state index in [0.717, 1.165) is 49.8 Å². The van der Waals surface area contributed by atoms with Crippen LogP contribution in [0, 0.1) is 0 Å². The Kier molecular flexibility index (Phi) is 39.8. The molecule has 0 aromatic carbocycles. The van der Waals surface area contributed by atoms with Crippen LogP contribution in [0.15, 0.2) is 24.5 Å². The molecule has 554 valence electrons. The molecule has 3 aliphatic heterocycles. The number of carbonyl (C=O) groups is 8. The van der Waals surface area contributed by atoms with Crippen LogP contribution >= 0.6 is 0 Å². The SMILES string of the molecule is CC(=O)N[C@@H]1[C@@H](O)[C@@H](O)[C@@H](CO)O[C@@H]1Cc1cn(CCOCCOCCOCCNC(=O)CCC(CCC(=O)NCCOCCOCCOCCn2cc(C[C@H]3O[C@H](CO)[C@H](O)[C@H](O)[C@H]3NC(C)=O)nn2)NC(=O)CCCCCCCCCCC(=O)NCCN2C(=O)C=CC2=O)nn1. The molecule has 5 heterocycles. The number of nitrogens with one attached hydrogen (secondary N) is 6. The van der Waals surface area contributed by atoms with Gasteiger partial charge in [-0.15, -0.1) is 10.2 Å². The lowest BCUT2D eigenvalue weighted by Crippen LogP contribution is -2.64. The van der Waals surface area contributed by atoms with Crippen LogP contribution in [0.4, 0.5) is 0 Å². The van der Waals surface area contributed by atoms with Gasteiger partial charge in [-0.05, 0) is 25.7 Å². The van der Waals surface area contributed by atoms with Crippen LogP contribution in [0.3, 0.4) is 0 Å². The molecule has 2 saturated heterocycles. The van der Waals surface area contributed by atoms with Crippen molar-refractivity contribution < 1.29 is 107 Å². The van der Waals surface area contributed by atoms with Crippen LogP contribution in [0.5, 0.6) is 0 Å². The van der Waals surface area contributed by atoms with Gasteiger partial charge in [0.1, 0.15) is 36.6 Å². The molecule has 2 aromatic rings. The second kappa shape index (κ2) is 47.5. The van der Waals surface area contributed by atoms with E-state index in [1.165, 1.54) is 26.0 Å². The molecule has 2 fully saturated rings. The third-order valence-electron chi connectivity index (χ3n) is 16.3. The number of rotatable bonds is 53. The molecule has 0 radical (unpaired) electrons. The van der Waals surface area contributed by atoms with Gasteiger partial charge in [-0.1, -0.05) is 49.0 Å². The summed E-state index contributed by atoms with van der Waals surface area (Å²) >= 11 is 0. The number of unbranched alkanes of at least 4 members (excludes halogenated alkanes) is 7. The van der Waals surface area contributed by atoms with Gasteiger partial charge in [-0.3, -0.25) is 43.3 Å². The largest absolute Gasteiger partial charge is 0.394 e. The van der Waals surface area contributed by atoms with Crippen LogP contribution < -0.4 is 31.9 Å². The van der Waals surface area contributed by atoms with Gasteiger partial charge in [0.15, 0.2) is 0 Å². The number of hydrogen-bond donors (Lipinski definition) is 12. The molecule has 0 bridgehead atoms. The van der Waals surface area contributed by atoms with E-state index in [2.05, 4.69) is 52.5 Å². The van der Waals surface area contributed by atoms with Crippen molar-refractivity contribution in [2.75, 3.05) is 119 Å². The number of carbonyl (C=O) groups excluding carboxylic acids is 8. The summed E-state index contributed by atoms with van der Waals surface area (Å²) in [5.41, 5.74) is 1.02. The average molecular weight is 1400 g/mol. The Morgan fingerprint density at radius 1 is 0.469 bits per heavy atom. The van der Waals surface area contributed by atoms with Gasteiger partial charge in [0, 0.05) is 109 Å². The smallest absolute Gasteiger partial charge is 0.253 e. The van der Waals surface area contributed by atoms with Gasteiger partial charge >= 0.3 is 0 Å². The molecule has 0 saturated carbocycles. The Balaban J connectivity index is 0.894. The molecule has 98 heavy (non-hydrogen) atoms. The van der Waals surface area contributed by atoms with E-state index in [4.69, 9.17) is 37.9 Å². The van der Waals surface area contributed by atoms with Gasteiger partial charge in [0.2, 0.25) is 35.4 Å². The third kappa shape index (κ3) is 32.2. The highest BCUT2D eigenvalue weighted by molar-refractivity contribution is 6.12. The normalized spacial score (nSPS) is 21.9. The summed E-state index contributed by atoms with van der Waals surface area (Å²) in [5, 5.41) is 94.1. The van der Waals surface area contributed by atoms with Crippen LogP contribution in [0.2, 0.25) is 0 Å². The van der Waals surface area contributed by atoms with Crippen molar-refractivity contribution in [3.05, 3.63) is 35.9 Å². The second-order valence-electron chi connectivity index (χ2n) is 24.1. The summed E-state index contributed by atoms with van der Waals surface area (Å²) in [5.74, 6) is -2.32. The molecule has 8 amide bonds. The van der Waals surface area contributed by atoms with E-state index < -0.39 is 92.0 Å². The highest BCUT2D eigenvalue weighted by Crippen LogP contribution is 2.25. The van der Waals surface area contributed by atoms with Gasteiger partial charge < -0.3 is 100 Å². The van der Waals surface area contributed by atoms with Gasteiger partial charge in [0.05, 0.1) is 141 Å². The molecule has 35 nitrogen and oxygen atoms in total. The second-order valence-corrected chi connectivity index (χ2v) is 24.1. The van der Waals surface area contributed by atoms with Crippen LogP contribution in [-0.4, -0.2) is 298 Å². The maximum absolute atomic E-state index is 13.2. The Labute approximate surface area is 570 Å². The molecular weight excluding hydrogens is 1290 g/mol. The monoisotopic (exact) mass is 1400 g/mol. The molecule has 5 rings (SSSR count). The number of hydrogen-bond acceptors (Lipinski definition) is 26. The van der Waals surface area contributed by atoms with Crippen LogP contribution in [-0.2, 0) is 102 Å². The fourth-order valence-corrected chi connectivity index (χ4v) is 11.0. The summed E-state index contributed by atoms with van der Waals surface area (Å²) in [6.45, 7) is 6.67. The summed E-state index contributed by atoms with van der Waals surface area (Å²) in [4.78, 5) is 99.1. The highest BCUT2D eigenvalue weighted by Gasteiger charge is 2.46. The fraction of sp³-hybridized carbons (Fsp3) is 0.778. The molecule has 2 aromatic heterocycles. The van der Waals surface area contributed by atoms with Crippen molar-refractivity contribution in [2.45, 2.75) is 197 Å². The molecule has 12 N–H and O–H groups in total. The Bertz CT molecular complexity index is 2560. The zero-order valence-corrected chi connectivity index (χ0v) is 56.5. The average Bonchev–Trinajstić information content (AvgIpc) is 1.03. The van der Waals surface area contributed by atoms with Gasteiger partial charge in [-0.25, -0.2) is 9.36 Å². The minimum Gasteiger partial charge on any atom is -0.394 e. The zero-order chi connectivity index (χ0) is 70.9. The molecule has 0 spiro atoms. The first kappa shape index (κ1) is 82.1. The lowest BCUT2D eigenvalue weighted by molar-refractivity contribution is -0.194. The first-order valence-electron chi connectivity index (χ1n) is 34.0. The standard InChI is InChI=1S/C63H105N13O22/c1-43(79)67-58-48(97-50(41-77)60(87)62(58)89)37-46-39-74(72-70-46)23-27-93-31-35-95-33-29-91-25-20-65-53(82)15-13-45(69-55(84)12-10-8-6-4-3-5-7-9-11-52(81)64-19-22-76-56(85)17-18-57(76)86)14-16-54(83)66-21-26-92-30-34-96-36-32-94-28-24-75-40-47(71-73-75)38-49-59(68-44(2)80)63(90)61(88)51(42-78)98-49/h17-18,39-40,45,48-51,58-63,77-78,87-90H,3-16,19-38,41-42H2,1-2H3,(H,64,81)(H,65,82)(H,66,83)(H,67,79)(H,68,80)(H,69,84)/t48-,49-,50-,51-,58+,59+,60+,61+,62-,63-/m1/s1. The minimum absolute atomic E-state index is 0.111.